The maximum absolute atomic E-state index is 14.0. The summed E-state index contributed by atoms with van der Waals surface area (Å²) in [6.45, 7) is 0. The van der Waals surface area contributed by atoms with Crippen molar-refractivity contribution in [2.75, 3.05) is 5.12 Å². The predicted octanol–water partition coefficient (Wildman–Crippen LogP) is 3.85. The predicted molar refractivity (Wildman–Crippen MR) is 63.7 cm³/mol. The van der Waals surface area contributed by atoms with Gasteiger partial charge in [-0.1, -0.05) is 34.8 Å². The lowest BCUT2D eigenvalue weighted by molar-refractivity contribution is 0.441. The highest BCUT2D eigenvalue weighted by Gasteiger charge is 2.14. The van der Waals surface area contributed by atoms with E-state index in [0.29, 0.717) is 21.9 Å². The fourth-order valence-corrected chi connectivity index (χ4v) is 1.61. The average Bonchev–Trinajstić information content (AvgIpc) is 2.82. The first-order valence-corrected chi connectivity index (χ1v) is 5.21. The Hall–Kier alpha value is -2.36. The quantitative estimate of drug-likeness (QED) is 0.624. The molecule has 0 aliphatic heterocycles. The summed E-state index contributed by atoms with van der Waals surface area (Å²) >= 11 is 0. The molecule has 17 heavy (non-hydrogen) atoms. The summed E-state index contributed by atoms with van der Waals surface area (Å²) in [6, 6.07) is 15.8. The number of para-hydroxylation sites is 3. The number of rotatable bonds is 2. The van der Waals surface area contributed by atoms with Crippen LogP contribution in [-0.4, -0.2) is 4.98 Å². The molecule has 0 aliphatic rings. The van der Waals surface area contributed by atoms with Crippen molar-refractivity contribution in [3.63, 3.8) is 0 Å². The van der Waals surface area contributed by atoms with Crippen LogP contribution in [0.2, 0.25) is 0 Å². The van der Waals surface area contributed by atoms with E-state index in [1.165, 1.54) is 0 Å². The lowest BCUT2D eigenvalue weighted by Crippen LogP contribution is -2.02. The van der Waals surface area contributed by atoms with Crippen LogP contribution in [0.5, 0.6) is 0 Å². The number of halogens is 1. The van der Waals surface area contributed by atoms with Crippen molar-refractivity contribution < 1.29 is 8.90 Å². The van der Waals surface area contributed by atoms with Gasteiger partial charge < -0.3 is 4.42 Å². The Bertz CT molecular complexity index is 603. The molecule has 0 amide bonds. The van der Waals surface area contributed by atoms with Gasteiger partial charge in [0, 0.05) is 0 Å². The monoisotopic (exact) mass is 228 g/mol. The number of fused-ring (bicyclic) bond motifs is 1. The molecule has 3 aromatic rings. The van der Waals surface area contributed by atoms with Gasteiger partial charge in [0.2, 0.25) is 0 Å². The van der Waals surface area contributed by atoms with E-state index in [1.54, 1.807) is 36.4 Å². The van der Waals surface area contributed by atoms with Gasteiger partial charge in [0.15, 0.2) is 5.58 Å². The van der Waals surface area contributed by atoms with Gasteiger partial charge in [-0.05, 0) is 24.3 Å². The van der Waals surface area contributed by atoms with Crippen LogP contribution in [0.15, 0.2) is 59.0 Å². The molecule has 0 radical (unpaired) electrons. The van der Waals surface area contributed by atoms with Gasteiger partial charge in [-0.3, -0.25) is 0 Å². The van der Waals surface area contributed by atoms with Crippen LogP contribution in [0.4, 0.5) is 16.2 Å². The Balaban J connectivity index is 2.04. The highest BCUT2D eigenvalue weighted by atomic mass is 19.2. The smallest absolute Gasteiger partial charge is 0.332 e. The number of hydrogen-bond donors (Lipinski definition) is 0. The van der Waals surface area contributed by atoms with E-state index in [4.69, 9.17) is 4.42 Å². The van der Waals surface area contributed by atoms with E-state index in [2.05, 4.69) is 4.98 Å². The summed E-state index contributed by atoms with van der Waals surface area (Å²) in [5, 5.41) is 0.431. The van der Waals surface area contributed by atoms with E-state index >= 15 is 0 Å². The molecule has 0 spiro atoms. The van der Waals surface area contributed by atoms with Gasteiger partial charge in [-0.2, -0.15) is 4.98 Å². The number of oxazole rings is 1. The van der Waals surface area contributed by atoms with Crippen molar-refractivity contribution in [2.45, 2.75) is 0 Å². The zero-order valence-electron chi connectivity index (χ0n) is 8.88. The van der Waals surface area contributed by atoms with E-state index in [1.807, 2.05) is 18.2 Å². The average molecular weight is 228 g/mol. The van der Waals surface area contributed by atoms with Gasteiger partial charge in [0.25, 0.3) is 0 Å². The van der Waals surface area contributed by atoms with Crippen molar-refractivity contribution in [1.82, 2.24) is 4.98 Å². The first-order valence-electron chi connectivity index (χ1n) is 5.21. The van der Waals surface area contributed by atoms with Crippen LogP contribution in [0.1, 0.15) is 0 Å². The SMILES string of the molecule is FN(c1ccccc1)c1nc2ccccc2o1. The summed E-state index contributed by atoms with van der Waals surface area (Å²) in [7, 11) is 0. The molecule has 3 nitrogen and oxygen atoms in total. The third-order valence-corrected chi connectivity index (χ3v) is 2.43. The third-order valence-electron chi connectivity index (χ3n) is 2.43. The summed E-state index contributed by atoms with van der Waals surface area (Å²) in [4.78, 5) is 4.07. The van der Waals surface area contributed by atoms with Gasteiger partial charge >= 0.3 is 6.01 Å². The number of nitrogens with zero attached hydrogens (tertiary/aromatic N) is 2. The van der Waals surface area contributed by atoms with Gasteiger partial charge in [-0.25, -0.2) is 0 Å². The second-order valence-corrected chi connectivity index (χ2v) is 3.58. The zero-order chi connectivity index (χ0) is 11.7. The van der Waals surface area contributed by atoms with Gasteiger partial charge in [0.1, 0.15) is 5.52 Å². The molecular weight excluding hydrogens is 219 g/mol. The number of aromatic nitrogens is 1. The molecule has 0 N–H and O–H groups in total. The van der Waals surface area contributed by atoms with Crippen molar-refractivity contribution in [3.05, 3.63) is 54.6 Å². The molecule has 0 unspecified atom stereocenters. The highest BCUT2D eigenvalue weighted by molar-refractivity contribution is 5.75. The Kier molecular flexibility index (Phi) is 2.26. The molecule has 0 saturated heterocycles. The topological polar surface area (TPSA) is 29.3 Å². The van der Waals surface area contributed by atoms with Crippen LogP contribution in [0.25, 0.3) is 11.1 Å². The summed E-state index contributed by atoms with van der Waals surface area (Å²) in [5.41, 5.74) is 1.60. The largest absolute Gasteiger partial charge is 0.422 e. The molecule has 0 fully saturated rings. The maximum atomic E-state index is 14.0. The number of anilines is 2. The number of hydrogen-bond acceptors (Lipinski definition) is 3. The molecule has 0 bridgehead atoms. The van der Waals surface area contributed by atoms with E-state index in [9.17, 15) is 4.48 Å². The first-order chi connectivity index (χ1) is 8.34. The lowest BCUT2D eigenvalue weighted by Gasteiger charge is -2.07. The zero-order valence-corrected chi connectivity index (χ0v) is 8.88. The molecule has 0 saturated carbocycles. The van der Waals surface area contributed by atoms with Gasteiger partial charge in [-0.15, -0.1) is 5.12 Å². The molecule has 1 aromatic heterocycles. The minimum atomic E-state index is -0.0580. The molecule has 1 heterocycles. The summed E-state index contributed by atoms with van der Waals surface area (Å²) in [5.74, 6) is 0. The van der Waals surface area contributed by atoms with Crippen LogP contribution in [0.3, 0.4) is 0 Å². The molecule has 0 atom stereocenters. The first kappa shape index (κ1) is 9.84. The van der Waals surface area contributed by atoms with Crippen molar-refractivity contribution >= 4 is 22.8 Å². The Morgan fingerprint density at radius 2 is 1.65 bits per heavy atom. The van der Waals surface area contributed by atoms with E-state index < -0.39 is 0 Å². The number of benzene rings is 2. The van der Waals surface area contributed by atoms with E-state index in [-0.39, 0.29) is 6.01 Å². The second-order valence-electron chi connectivity index (χ2n) is 3.58. The summed E-state index contributed by atoms with van der Waals surface area (Å²) in [6.07, 6.45) is 0. The normalized spacial score (nSPS) is 10.6. The molecule has 84 valence electrons. The maximum Gasteiger partial charge on any atom is 0.332 e. The van der Waals surface area contributed by atoms with E-state index in [0.717, 1.165) is 0 Å². The molecule has 2 aromatic carbocycles. The summed E-state index contributed by atoms with van der Waals surface area (Å²) < 4.78 is 19.3. The van der Waals surface area contributed by atoms with Crippen LogP contribution < -0.4 is 5.12 Å². The minimum absolute atomic E-state index is 0.0580. The van der Waals surface area contributed by atoms with Crippen molar-refractivity contribution in [1.29, 1.82) is 0 Å². The Labute approximate surface area is 97.0 Å². The fourth-order valence-electron chi connectivity index (χ4n) is 1.61. The lowest BCUT2D eigenvalue weighted by atomic mass is 10.3. The highest BCUT2D eigenvalue weighted by Crippen LogP contribution is 2.27. The van der Waals surface area contributed by atoms with Gasteiger partial charge in [0.05, 0.1) is 5.69 Å². The standard InChI is InChI=1S/C13H9FN2O/c14-16(10-6-2-1-3-7-10)13-15-11-8-4-5-9-12(11)17-13/h1-9H. The van der Waals surface area contributed by atoms with Crippen molar-refractivity contribution in [3.8, 4) is 0 Å². The van der Waals surface area contributed by atoms with Crippen molar-refractivity contribution in [2.24, 2.45) is 0 Å². The third kappa shape index (κ3) is 1.73. The second kappa shape index (κ2) is 3.90. The van der Waals surface area contributed by atoms with Crippen LogP contribution in [-0.2, 0) is 0 Å². The molecular formula is C13H9FN2O. The van der Waals surface area contributed by atoms with Crippen LogP contribution in [0, 0.1) is 0 Å². The Morgan fingerprint density at radius 1 is 0.941 bits per heavy atom. The van der Waals surface area contributed by atoms with Crippen LogP contribution >= 0.6 is 0 Å². The fraction of sp³-hybridized carbons (Fsp3) is 0. The molecule has 0 aliphatic carbocycles. The Morgan fingerprint density at radius 3 is 2.41 bits per heavy atom. The molecule has 3 rings (SSSR count). The molecule has 4 heteroatoms. The minimum Gasteiger partial charge on any atom is -0.422 e.